The van der Waals surface area contributed by atoms with Gasteiger partial charge < -0.3 is 10.1 Å². The Balaban J connectivity index is 2.07. The second-order valence-corrected chi connectivity index (χ2v) is 5.00. The van der Waals surface area contributed by atoms with E-state index in [-0.39, 0.29) is 0 Å². The van der Waals surface area contributed by atoms with E-state index in [1.54, 1.807) is 0 Å². The van der Waals surface area contributed by atoms with Crippen molar-refractivity contribution >= 4 is 0 Å². The van der Waals surface area contributed by atoms with Crippen LogP contribution in [0.25, 0.3) is 11.3 Å². The number of hydrogen-bond donors (Lipinski definition) is 1. The molecule has 4 nitrogen and oxygen atoms in total. The van der Waals surface area contributed by atoms with Crippen LogP contribution >= 0.6 is 0 Å². The van der Waals surface area contributed by atoms with Gasteiger partial charge in [0.25, 0.3) is 0 Å². The Labute approximate surface area is 113 Å². The van der Waals surface area contributed by atoms with Gasteiger partial charge in [-0.1, -0.05) is 0 Å². The highest BCUT2D eigenvalue weighted by molar-refractivity contribution is 5.67. The molecule has 2 aromatic rings. The third kappa shape index (κ3) is 2.02. The molecule has 1 N–H and O–H groups in total. The molecule has 0 radical (unpaired) electrons. The van der Waals surface area contributed by atoms with Gasteiger partial charge in [0.2, 0.25) is 0 Å². The molecule has 0 saturated carbocycles. The van der Waals surface area contributed by atoms with Crippen molar-refractivity contribution in [2.45, 2.75) is 19.9 Å². The minimum absolute atomic E-state index is 0.799. The molecule has 1 aromatic carbocycles. The molecule has 19 heavy (non-hydrogen) atoms. The molecular formula is C15H19N3O. The summed E-state index contributed by atoms with van der Waals surface area (Å²) in [7, 11) is 3.95. The van der Waals surface area contributed by atoms with E-state index in [1.165, 1.54) is 22.4 Å². The third-order valence-corrected chi connectivity index (χ3v) is 3.69. The predicted molar refractivity (Wildman–Crippen MR) is 75.3 cm³/mol. The van der Waals surface area contributed by atoms with Crippen LogP contribution in [0.1, 0.15) is 16.8 Å². The molecule has 0 unspecified atom stereocenters. The largest absolute Gasteiger partial charge is 0.493 e. The molecule has 0 aliphatic carbocycles. The molecule has 1 aromatic heterocycles. The summed E-state index contributed by atoms with van der Waals surface area (Å²) in [6, 6.07) is 6.43. The van der Waals surface area contributed by atoms with Crippen molar-refractivity contribution in [3.05, 3.63) is 35.0 Å². The summed E-state index contributed by atoms with van der Waals surface area (Å²) in [6.07, 6.45) is 1.00. The number of aromatic nitrogens is 2. The molecule has 3 rings (SSSR count). The van der Waals surface area contributed by atoms with Crippen LogP contribution in [-0.4, -0.2) is 23.4 Å². The van der Waals surface area contributed by atoms with Crippen LogP contribution in [0, 0.1) is 6.92 Å². The average Bonchev–Trinajstić information content (AvgIpc) is 2.95. The normalized spacial score (nSPS) is 13.4. The van der Waals surface area contributed by atoms with Crippen LogP contribution in [-0.2, 0) is 20.0 Å². The van der Waals surface area contributed by atoms with E-state index < -0.39 is 0 Å². The van der Waals surface area contributed by atoms with Crippen LogP contribution in [0.15, 0.2) is 18.2 Å². The lowest BCUT2D eigenvalue weighted by Gasteiger charge is -2.06. The Morgan fingerprint density at radius 1 is 1.42 bits per heavy atom. The Kier molecular flexibility index (Phi) is 3.03. The summed E-state index contributed by atoms with van der Waals surface area (Å²) in [5.41, 5.74) is 6.07. The zero-order valence-corrected chi connectivity index (χ0v) is 11.7. The molecule has 2 heterocycles. The van der Waals surface area contributed by atoms with Crippen molar-refractivity contribution in [3.63, 3.8) is 0 Å². The molecule has 1 aliphatic heterocycles. The van der Waals surface area contributed by atoms with Crippen molar-refractivity contribution in [1.82, 2.24) is 15.1 Å². The van der Waals surface area contributed by atoms with E-state index in [1.807, 2.05) is 18.8 Å². The fourth-order valence-electron chi connectivity index (χ4n) is 2.76. The summed E-state index contributed by atoms with van der Waals surface area (Å²) in [4.78, 5) is 0. The summed E-state index contributed by atoms with van der Waals surface area (Å²) in [5, 5.41) is 7.76. The highest BCUT2D eigenvalue weighted by Gasteiger charge is 2.17. The molecule has 0 atom stereocenters. The van der Waals surface area contributed by atoms with E-state index in [4.69, 9.17) is 4.74 Å². The first-order valence-electron chi connectivity index (χ1n) is 6.64. The quantitative estimate of drug-likeness (QED) is 0.914. The lowest BCUT2D eigenvalue weighted by molar-refractivity contribution is 0.357. The molecule has 100 valence electrons. The standard InChI is InChI=1S/C15H19N3O/c1-10-13(9-16-2)17-18(3)15(10)12-4-5-14-11(8-12)6-7-19-14/h4-5,8,16H,6-7,9H2,1-3H3. The number of aryl methyl sites for hydroxylation is 1. The highest BCUT2D eigenvalue weighted by atomic mass is 16.5. The fraction of sp³-hybridized carbons (Fsp3) is 0.400. The van der Waals surface area contributed by atoms with Crippen molar-refractivity contribution in [1.29, 1.82) is 0 Å². The number of hydrogen-bond acceptors (Lipinski definition) is 3. The van der Waals surface area contributed by atoms with Gasteiger partial charge in [0.05, 0.1) is 18.0 Å². The molecule has 0 spiro atoms. The summed E-state index contributed by atoms with van der Waals surface area (Å²) >= 11 is 0. The smallest absolute Gasteiger partial charge is 0.122 e. The van der Waals surface area contributed by atoms with Crippen LogP contribution in [0.2, 0.25) is 0 Å². The predicted octanol–water partition coefficient (Wildman–Crippen LogP) is 2.05. The molecule has 4 heteroatoms. The number of ether oxygens (including phenoxy) is 1. The van der Waals surface area contributed by atoms with E-state index in [0.29, 0.717) is 0 Å². The van der Waals surface area contributed by atoms with Gasteiger partial charge >= 0.3 is 0 Å². The number of rotatable bonds is 3. The van der Waals surface area contributed by atoms with Gasteiger partial charge in [0, 0.05) is 25.6 Å². The fourth-order valence-corrected chi connectivity index (χ4v) is 2.76. The first kappa shape index (κ1) is 12.2. The van der Waals surface area contributed by atoms with Crippen LogP contribution in [0.4, 0.5) is 0 Å². The first-order chi connectivity index (χ1) is 9.20. The maximum atomic E-state index is 5.56. The number of benzene rings is 1. The zero-order chi connectivity index (χ0) is 13.4. The van der Waals surface area contributed by atoms with Crippen molar-refractivity contribution in [3.8, 4) is 17.0 Å². The first-order valence-corrected chi connectivity index (χ1v) is 6.64. The minimum atomic E-state index is 0.799. The van der Waals surface area contributed by atoms with Crippen LogP contribution in [0.3, 0.4) is 0 Å². The SMILES string of the molecule is CNCc1nn(C)c(-c2ccc3c(c2)CCO3)c1C. The van der Waals surface area contributed by atoms with Crippen LogP contribution < -0.4 is 10.1 Å². The molecule has 0 fully saturated rings. The lowest BCUT2D eigenvalue weighted by Crippen LogP contribution is -2.06. The lowest BCUT2D eigenvalue weighted by atomic mass is 10.0. The number of fused-ring (bicyclic) bond motifs is 1. The van der Waals surface area contributed by atoms with Crippen molar-refractivity contribution in [2.75, 3.05) is 13.7 Å². The average molecular weight is 257 g/mol. The van der Waals surface area contributed by atoms with Gasteiger partial charge in [0.15, 0.2) is 0 Å². The Bertz CT molecular complexity index is 616. The maximum absolute atomic E-state index is 5.56. The Morgan fingerprint density at radius 3 is 3.05 bits per heavy atom. The van der Waals surface area contributed by atoms with Gasteiger partial charge in [-0.15, -0.1) is 0 Å². The number of nitrogens with one attached hydrogen (secondary N) is 1. The van der Waals surface area contributed by atoms with Gasteiger partial charge in [-0.05, 0) is 43.3 Å². The molecule has 1 aliphatic rings. The van der Waals surface area contributed by atoms with Gasteiger partial charge in [-0.25, -0.2) is 0 Å². The molecular weight excluding hydrogens is 238 g/mol. The van der Waals surface area contributed by atoms with E-state index in [2.05, 4.69) is 35.5 Å². The summed E-state index contributed by atoms with van der Waals surface area (Å²) in [6.45, 7) is 3.74. The number of nitrogens with zero attached hydrogens (tertiary/aromatic N) is 2. The Morgan fingerprint density at radius 2 is 2.26 bits per heavy atom. The Hall–Kier alpha value is -1.81. The van der Waals surface area contributed by atoms with Crippen molar-refractivity contribution < 1.29 is 4.74 Å². The molecule has 0 bridgehead atoms. The van der Waals surface area contributed by atoms with Gasteiger partial charge in [-0.2, -0.15) is 5.10 Å². The minimum Gasteiger partial charge on any atom is -0.493 e. The molecule has 0 saturated heterocycles. The van der Waals surface area contributed by atoms with Crippen LogP contribution in [0.5, 0.6) is 5.75 Å². The van der Waals surface area contributed by atoms with E-state index in [9.17, 15) is 0 Å². The second-order valence-electron chi connectivity index (χ2n) is 5.00. The second kappa shape index (κ2) is 4.70. The topological polar surface area (TPSA) is 39.1 Å². The summed E-state index contributed by atoms with van der Waals surface area (Å²) < 4.78 is 7.53. The van der Waals surface area contributed by atoms with Gasteiger partial charge in [0.1, 0.15) is 5.75 Å². The van der Waals surface area contributed by atoms with E-state index in [0.717, 1.165) is 31.0 Å². The molecule has 0 amide bonds. The maximum Gasteiger partial charge on any atom is 0.122 e. The van der Waals surface area contributed by atoms with Gasteiger partial charge in [-0.3, -0.25) is 4.68 Å². The zero-order valence-electron chi connectivity index (χ0n) is 11.7. The summed E-state index contributed by atoms with van der Waals surface area (Å²) in [5.74, 6) is 1.03. The van der Waals surface area contributed by atoms with Crippen molar-refractivity contribution in [2.24, 2.45) is 7.05 Å². The monoisotopic (exact) mass is 257 g/mol. The van der Waals surface area contributed by atoms with E-state index >= 15 is 0 Å². The third-order valence-electron chi connectivity index (χ3n) is 3.69. The highest BCUT2D eigenvalue weighted by Crippen LogP contribution is 2.32.